The van der Waals surface area contributed by atoms with Gasteiger partial charge < -0.3 is 25.2 Å². The van der Waals surface area contributed by atoms with E-state index in [4.69, 9.17) is 9.47 Å². The van der Waals surface area contributed by atoms with Crippen molar-refractivity contribution in [3.8, 4) is 11.5 Å². The first kappa shape index (κ1) is 21.0. The summed E-state index contributed by atoms with van der Waals surface area (Å²) in [6.07, 6.45) is -0.414. The number of ether oxygens (including phenoxy) is 2. The van der Waals surface area contributed by atoms with E-state index in [0.29, 0.717) is 37.7 Å². The van der Waals surface area contributed by atoms with Crippen LogP contribution in [0.1, 0.15) is 5.56 Å². The van der Waals surface area contributed by atoms with Crippen molar-refractivity contribution in [2.75, 3.05) is 26.2 Å². The second-order valence-electron chi connectivity index (χ2n) is 6.30. The molecule has 0 aromatic heterocycles. The lowest BCUT2D eigenvalue weighted by atomic mass is 10.1. The zero-order chi connectivity index (χ0) is 18.2. The maximum Gasteiger partial charge on any atom is 0.257 e. The minimum atomic E-state index is -0.414. The van der Waals surface area contributed by atoms with Gasteiger partial charge in [0.05, 0.1) is 6.10 Å². The summed E-state index contributed by atoms with van der Waals surface area (Å²) in [5.74, 6) is 0.947. The minimum Gasteiger partial charge on any atom is -0.485 e. The molecular weight excluding hydrogens is 368 g/mol. The number of benzene rings is 2. The number of aliphatic hydroxyl groups excluding tert-OH is 1. The van der Waals surface area contributed by atoms with E-state index in [1.54, 1.807) is 6.07 Å². The van der Waals surface area contributed by atoms with Gasteiger partial charge in [-0.3, -0.25) is 4.79 Å². The van der Waals surface area contributed by atoms with Crippen LogP contribution in [-0.4, -0.2) is 43.4 Å². The molecule has 1 saturated heterocycles. The Kier molecular flexibility index (Phi) is 8.39. The van der Waals surface area contributed by atoms with Gasteiger partial charge in [-0.2, -0.15) is 0 Å². The van der Waals surface area contributed by atoms with E-state index in [1.165, 1.54) is 0 Å². The molecule has 7 heteroatoms. The Hall–Kier alpha value is -2.28. The smallest absolute Gasteiger partial charge is 0.257 e. The molecule has 27 heavy (non-hydrogen) atoms. The number of β-amino-alcohol motifs (C(OH)–C–C–N with tert-alkyl or cyclic N) is 1. The Balaban J connectivity index is 0.00000261. The highest BCUT2D eigenvalue weighted by atomic mass is 35.5. The van der Waals surface area contributed by atoms with Crippen molar-refractivity contribution in [3.63, 3.8) is 0 Å². The van der Waals surface area contributed by atoms with E-state index >= 15 is 0 Å². The van der Waals surface area contributed by atoms with Gasteiger partial charge in [-0.05, 0) is 17.7 Å². The minimum absolute atomic E-state index is 0. The van der Waals surface area contributed by atoms with Crippen LogP contribution in [0.5, 0.6) is 11.5 Å². The van der Waals surface area contributed by atoms with Crippen LogP contribution in [-0.2, 0) is 11.4 Å². The number of halogens is 1. The lowest BCUT2D eigenvalue weighted by molar-refractivity contribution is -0.123. The van der Waals surface area contributed by atoms with E-state index in [0.717, 1.165) is 5.56 Å². The zero-order valence-corrected chi connectivity index (χ0v) is 15.8. The first-order valence-corrected chi connectivity index (χ1v) is 8.76. The molecule has 1 aliphatic rings. The molecular formula is C20H25ClN2O4. The van der Waals surface area contributed by atoms with Crippen molar-refractivity contribution < 1.29 is 19.4 Å². The topological polar surface area (TPSA) is 79.8 Å². The van der Waals surface area contributed by atoms with Crippen LogP contribution in [0.15, 0.2) is 54.6 Å². The maximum absolute atomic E-state index is 12.0. The number of nitrogens with one attached hydrogen (secondary N) is 2. The van der Waals surface area contributed by atoms with Crippen LogP contribution in [0, 0.1) is 5.92 Å². The Labute approximate surface area is 165 Å². The monoisotopic (exact) mass is 392 g/mol. The predicted octanol–water partition coefficient (Wildman–Crippen LogP) is 1.76. The molecule has 3 N–H and O–H groups in total. The molecule has 1 aliphatic heterocycles. The van der Waals surface area contributed by atoms with Crippen molar-refractivity contribution in [1.29, 1.82) is 0 Å². The normalized spacial score (nSPS) is 18.4. The molecule has 0 spiro atoms. The van der Waals surface area contributed by atoms with Gasteiger partial charge in [0.2, 0.25) is 0 Å². The fourth-order valence-electron chi connectivity index (χ4n) is 2.79. The maximum atomic E-state index is 12.0. The average molecular weight is 393 g/mol. The van der Waals surface area contributed by atoms with Crippen LogP contribution < -0.4 is 20.1 Å². The van der Waals surface area contributed by atoms with Gasteiger partial charge in [-0.1, -0.05) is 42.5 Å². The van der Waals surface area contributed by atoms with Gasteiger partial charge in [0.1, 0.15) is 6.61 Å². The van der Waals surface area contributed by atoms with Crippen molar-refractivity contribution in [1.82, 2.24) is 10.6 Å². The molecule has 146 valence electrons. The van der Waals surface area contributed by atoms with Crippen LogP contribution in [0.3, 0.4) is 0 Å². The molecule has 3 rings (SSSR count). The van der Waals surface area contributed by atoms with Gasteiger partial charge >= 0.3 is 0 Å². The second kappa shape index (κ2) is 10.8. The number of para-hydroxylation sites is 2. The summed E-state index contributed by atoms with van der Waals surface area (Å²) in [5.41, 5.74) is 1.06. The number of carbonyl (C=O) groups is 1. The lowest BCUT2D eigenvalue weighted by Crippen LogP contribution is -2.36. The van der Waals surface area contributed by atoms with E-state index < -0.39 is 6.10 Å². The van der Waals surface area contributed by atoms with E-state index in [2.05, 4.69) is 10.6 Å². The number of hydrogen-bond acceptors (Lipinski definition) is 5. The predicted molar refractivity (Wildman–Crippen MR) is 105 cm³/mol. The summed E-state index contributed by atoms with van der Waals surface area (Å²) in [6.45, 7) is 2.05. The molecule has 2 atom stereocenters. The first-order chi connectivity index (χ1) is 12.7. The van der Waals surface area contributed by atoms with Crippen molar-refractivity contribution in [3.05, 3.63) is 60.2 Å². The standard InChI is InChI=1S/C20H24N2O4.ClH/c23-17-12-21-10-16(17)11-22-20(24)14-26-19-9-5-4-8-18(19)25-13-15-6-2-1-3-7-15;/h1-9,16-17,21,23H,10-14H2,(H,22,24);1H. The van der Waals surface area contributed by atoms with Gasteiger partial charge in [0, 0.05) is 25.6 Å². The van der Waals surface area contributed by atoms with Gasteiger partial charge in [-0.15, -0.1) is 12.4 Å². The highest BCUT2D eigenvalue weighted by molar-refractivity contribution is 5.85. The molecule has 0 aliphatic carbocycles. The molecule has 0 radical (unpaired) electrons. The Bertz CT molecular complexity index is 714. The van der Waals surface area contributed by atoms with E-state index in [1.807, 2.05) is 48.5 Å². The molecule has 2 aromatic carbocycles. The zero-order valence-electron chi connectivity index (χ0n) is 15.0. The fourth-order valence-corrected chi connectivity index (χ4v) is 2.79. The lowest BCUT2D eigenvalue weighted by Gasteiger charge is -2.15. The van der Waals surface area contributed by atoms with E-state index in [9.17, 15) is 9.90 Å². The molecule has 1 heterocycles. The van der Waals surface area contributed by atoms with Crippen LogP contribution in [0.25, 0.3) is 0 Å². The highest BCUT2D eigenvalue weighted by Gasteiger charge is 2.25. The quantitative estimate of drug-likeness (QED) is 0.638. The summed E-state index contributed by atoms with van der Waals surface area (Å²) in [4.78, 5) is 12.0. The number of hydrogen-bond donors (Lipinski definition) is 3. The molecule has 1 fully saturated rings. The second-order valence-corrected chi connectivity index (χ2v) is 6.30. The Morgan fingerprint density at radius 3 is 2.37 bits per heavy atom. The average Bonchev–Trinajstić information content (AvgIpc) is 3.09. The molecule has 2 aromatic rings. The SMILES string of the molecule is Cl.O=C(COc1ccccc1OCc1ccccc1)NCC1CNCC1O. The summed E-state index contributed by atoms with van der Waals surface area (Å²) in [5, 5.41) is 15.6. The highest BCUT2D eigenvalue weighted by Crippen LogP contribution is 2.27. The number of rotatable bonds is 8. The summed E-state index contributed by atoms with van der Waals surface area (Å²) >= 11 is 0. The summed E-state index contributed by atoms with van der Waals surface area (Å²) < 4.78 is 11.4. The molecule has 0 bridgehead atoms. The van der Waals surface area contributed by atoms with Crippen LogP contribution >= 0.6 is 12.4 Å². The number of carbonyl (C=O) groups excluding carboxylic acids is 1. The third-order valence-corrected chi connectivity index (χ3v) is 4.31. The van der Waals surface area contributed by atoms with Crippen molar-refractivity contribution >= 4 is 18.3 Å². The van der Waals surface area contributed by atoms with Gasteiger partial charge in [0.25, 0.3) is 5.91 Å². The molecule has 0 saturated carbocycles. The third-order valence-electron chi connectivity index (χ3n) is 4.31. The van der Waals surface area contributed by atoms with Crippen LogP contribution in [0.2, 0.25) is 0 Å². The summed E-state index contributed by atoms with van der Waals surface area (Å²) in [7, 11) is 0. The molecule has 1 amide bonds. The molecule has 6 nitrogen and oxygen atoms in total. The Morgan fingerprint density at radius 1 is 1.04 bits per heavy atom. The largest absolute Gasteiger partial charge is 0.485 e. The van der Waals surface area contributed by atoms with Gasteiger partial charge in [0.15, 0.2) is 18.1 Å². The van der Waals surface area contributed by atoms with Gasteiger partial charge in [-0.25, -0.2) is 0 Å². The molecule has 2 unspecified atom stereocenters. The number of amides is 1. The Morgan fingerprint density at radius 2 is 1.70 bits per heavy atom. The van der Waals surface area contributed by atoms with Crippen molar-refractivity contribution in [2.24, 2.45) is 5.92 Å². The third kappa shape index (κ3) is 6.43. The van der Waals surface area contributed by atoms with Crippen LogP contribution in [0.4, 0.5) is 0 Å². The first-order valence-electron chi connectivity index (χ1n) is 8.76. The van der Waals surface area contributed by atoms with E-state index in [-0.39, 0.29) is 30.8 Å². The fraction of sp³-hybridized carbons (Fsp3) is 0.350. The van der Waals surface area contributed by atoms with Crippen molar-refractivity contribution in [2.45, 2.75) is 12.7 Å². The number of aliphatic hydroxyl groups is 1. The summed E-state index contributed by atoms with van der Waals surface area (Å²) in [6, 6.07) is 17.1.